The van der Waals surface area contributed by atoms with Crippen LogP contribution in [0.2, 0.25) is 5.02 Å². The van der Waals surface area contributed by atoms with E-state index in [1.54, 1.807) is 30.3 Å². The van der Waals surface area contributed by atoms with Crippen LogP contribution in [0.1, 0.15) is 12.0 Å². The third-order valence-corrected chi connectivity index (χ3v) is 7.42. The van der Waals surface area contributed by atoms with Crippen LogP contribution in [0.15, 0.2) is 52.3 Å². The molecule has 29 heavy (non-hydrogen) atoms. The van der Waals surface area contributed by atoms with Gasteiger partial charge in [0.15, 0.2) is 0 Å². The zero-order valence-electron chi connectivity index (χ0n) is 15.6. The Morgan fingerprint density at radius 3 is 2.69 bits per heavy atom. The summed E-state index contributed by atoms with van der Waals surface area (Å²) in [6.07, 6.45) is 0.370. The molecule has 2 aromatic carbocycles. The van der Waals surface area contributed by atoms with Gasteiger partial charge in [0.1, 0.15) is 0 Å². The van der Waals surface area contributed by atoms with Crippen LogP contribution in [-0.2, 0) is 26.2 Å². The van der Waals surface area contributed by atoms with E-state index in [1.807, 2.05) is 0 Å². The summed E-state index contributed by atoms with van der Waals surface area (Å²) in [7, 11) is -2.55. The first kappa shape index (κ1) is 21.6. The Labute approximate surface area is 178 Å². The van der Waals surface area contributed by atoms with Gasteiger partial charge in [-0.2, -0.15) is 4.31 Å². The van der Waals surface area contributed by atoms with E-state index in [0.717, 1.165) is 14.8 Å². The molecule has 0 saturated heterocycles. The van der Waals surface area contributed by atoms with Gasteiger partial charge in [0.25, 0.3) is 0 Å². The molecular formula is C19H20ClN3O4S2. The molecule has 2 N–H and O–H groups in total. The third-order valence-electron chi connectivity index (χ3n) is 4.29. The minimum absolute atomic E-state index is 0.0204. The average molecular weight is 454 g/mol. The number of benzene rings is 2. The highest BCUT2D eigenvalue weighted by atomic mass is 35.5. The van der Waals surface area contributed by atoms with Crippen molar-refractivity contribution in [3.05, 3.63) is 53.1 Å². The number of hydrogen-bond donors (Lipinski definition) is 2. The fourth-order valence-corrected chi connectivity index (χ4v) is 4.90. The number of nitrogens with zero attached hydrogens (tertiary/aromatic N) is 1. The number of thioether (sulfide) groups is 1. The molecule has 0 bridgehead atoms. The van der Waals surface area contributed by atoms with Gasteiger partial charge in [-0.3, -0.25) is 9.59 Å². The van der Waals surface area contributed by atoms with Crippen LogP contribution in [0, 0.1) is 0 Å². The molecule has 2 amide bonds. The Balaban J connectivity index is 1.66. The molecule has 0 aliphatic carbocycles. The van der Waals surface area contributed by atoms with Gasteiger partial charge in [-0.25, -0.2) is 8.42 Å². The minimum Gasteiger partial charge on any atom is -0.351 e. The molecule has 0 saturated carbocycles. The van der Waals surface area contributed by atoms with Gasteiger partial charge in [0, 0.05) is 35.7 Å². The summed E-state index contributed by atoms with van der Waals surface area (Å²) in [5.41, 5.74) is 1.33. The lowest BCUT2D eigenvalue weighted by Crippen LogP contribution is -2.38. The molecule has 2 aromatic rings. The lowest BCUT2D eigenvalue weighted by Gasteiger charge is -2.18. The van der Waals surface area contributed by atoms with Gasteiger partial charge in [-0.15, -0.1) is 11.8 Å². The van der Waals surface area contributed by atoms with Gasteiger partial charge in [0.05, 0.1) is 17.1 Å². The molecule has 0 spiro atoms. The highest BCUT2D eigenvalue weighted by Gasteiger charge is 2.25. The first-order valence-electron chi connectivity index (χ1n) is 8.80. The van der Waals surface area contributed by atoms with Gasteiger partial charge < -0.3 is 10.6 Å². The number of amides is 2. The Bertz CT molecular complexity index is 1030. The normalized spacial score (nSPS) is 14.1. The molecule has 10 heteroatoms. The van der Waals surface area contributed by atoms with Crippen molar-refractivity contribution in [1.82, 2.24) is 9.62 Å². The summed E-state index contributed by atoms with van der Waals surface area (Å²) in [5.74, 6) is 0.0592. The summed E-state index contributed by atoms with van der Waals surface area (Å²) in [5, 5.41) is 6.01. The first-order valence-corrected chi connectivity index (χ1v) is 11.6. The second-order valence-corrected chi connectivity index (χ2v) is 10.1. The number of halogens is 1. The number of anilines is 1. The summed E-state index contributed by atoms with van der Waals surface area (Å²) in [6, 6.07) is 11.6. The largest absolute Gasteiger partial charge is 0.351 e. The summed E-state index contributed by atoms with van der Waals surface area (Å²) in [4.78, 5) is 24.8. The summed E-state index contributed by atoms with van der Waals surface area (Å²) >= 11 is 7.32. The minimum atomic E-state index is -3.89. The Morgan fingerprint density at radius 1 is 1.24 bits per heavy atom. The fraction of sp³-hybridized carbons (Fsp3) is 0.263. The summed E-state index contributed by atoms with van der Waals surface area (Å²) in [6.45, 7) is -0.0554. The molecule has 0 fully saturated rings. The third kappa shape index (κ3) is 5.51. The van der Waals surface area contributed by atoms with Crippen LogP contribution < -0.4 is 10.6 Å². The lowest BCUT2D eigenvalue weighted by molar-refractivity contribution is -0.121. The van der Waals surface area contributed by atoms with Crippen LogP contribution in [0.4, 0.5) is 5.69 Å². The van der Waals surface area contributed by atoms with Crippen molar-refractivity contribution in [3.63, 3.8) is 0 Å². The Hall–Kier alpha value is -2.07. The van der Waals surface area contributed by atoms with Crippen molar-refractivity contribution < 1.29 is 18.0 Å². The molecule has 3 rings (SSSR count). The first-order chi connectivity index (χ1) is 13.8. The number of fused-ring (bicyclic) bond motifs is 1. The van der Waals surface area contributed by atoms with E-state index in [2.05, 4.69) is 10.6 Å². The smallest absolute Gasteiger partial charge is 0.243 e. The number of hydrogen-bond acceptors (Lipinski definition) is 5. The highest BCUT2D eigenvalue weighted by Crippen LogP contribution is 2.33. The van der Waals surface area contributed by atoms with Crippen LogP contribution >= 0.6 is 23.4 Å². The quantitative estimate of drug-likeness (QED) is 0.701. The van der Waals surface area contributed by atoms with E-state index in [4.69, 9.17) is 11.6 Å². The second kappa shape index (κ2) is 9.17. The SMILES string of the molecule is CN(CC(=O)NCc1ccc(Cl)cc1)S(=O)(=O)c1ccc2c(c1)NC(=O)CCS2. The molecule has 0 radical (unpaired) electrons. The maximum absolute atomic E-state index is 12.8. The molecule has 154 valence electrons. The van der Waals surface area contributed by atoms with Gasteiger partial charge in [-0.05, 0) is 35.9 Å². The van der Waals surface area contributed by atoms with Gasteiger partial charge >= 0.3 is 0 Å². The van der Waals surface area contributed by atoms with Crippen molar-refractivity contribution >= 4 is 50.9 Å². The number of carbonyl (C=O) groups is 2. The van der Waals surface area contributed by atoms with Crippen LogP contribution in [0.5, 0.6) is 0 Å². The van der Waals surface area contributed by atoms with Crippen molar-refractivity contribution in [2.24, 2.45) is 0 Å². The topological polar surface area (TPSA) is 95.6 Å². The molecule has 0 aromatic heterocycles. The Morgan fingerprint density at radius 2 is 1.97 bits per heavy atom. The average Bonchev–Trinajstić information content (AvgIpc) is 2.87. The predicted octanol–water partition coefficient (Wildman–Crippen LogP) is 2.71. The Kier molecular flexibility index (Phi) is 6.84. The monoisotopic (exact) mass is 453 g/mol. The second-order valence-electron chi connectivity index (χ2n) is 6.47. The number of sulfonamides is 1. The van der Waals surface area contributed by atoms with E-state index in [9.17, 15) is 18.0 Å². The maximum Gasteiger partial charge on any atom is 0.243 e. The zero-order valence-corrected chi connectivity index (χ0v) is 18.0. The number of nitrogens with one attached hydrogen (secondary N) is 2. The molecule has 1 heterocycles. The maximum atomic E-state index is 12.8. The zero-order chi connectivity index (χ0) is 21.0. The van der Waals surface area contributed by atoms with E-state index >= 15 is 0 Å². The van der Waals surface area contributed by atoms with E-state index in [-0.39, 0.29) is 23.9 Å². The predicted molar refractivity (Wildman–Crippen MR) is 114 cm³/mol. The van der Waals surface area contributed by atoms with E-state index in [1.165, 1.54) is 30.9 Å². The molecular weight excluding hydrogens is 434 g/mol. The van der Waals surface area contributed by atoms with Gasteiger partial charge in [-0.1, -0.05) is 23.7 Å². The molecule has 1 aliphatic heterocycles. The highest BCUT2D eigenvalue weighted by molar-refractivity contribution is 7.99. The fourth-order valence-electron chi connectivity index (χ4n) is 2.69. The number of rotatable bonds is 6. The van der Waals surface area contributed by atoms with Crippen molar-refractivity contribution in [1.29, 1.82) is 0 Å². The van der Waals surface area contributed by atoms with E-state index in [0.29, 0.717) is 22.9 Å². The standard InChI is InChI=1S/C19H20ClN3O4S2/c1-23(12-19(25)21-11-13-2-4-14(20)5-3-13)29(26,27)15-6-7-17-16(10-15)22-18(24)8-9-28-17/h2-7,10H,8-9,11-12H2,1H3,(H,21,25)(H,22,24). The van der Waals surface area contributed by atoms with Crippen molar-refractivity contribution in [3.8, 4) is 0 Å². The van der Waals surface area contributed by atoms with Crippen LogP contribution in [0.25, 0.3) is 0 Å². The summed E-state index contributed by atoms with van der Waals surface area (Å²) < 4.78 is 26.7. The molecule has 1 aliphatic rings. The van der Waals surface area contributed by atoms with Crippen molar-refractivity contribution in [2.75, 3.05) is 24.7 Å². The van der Waals surface area contributed by atoms with E-state index < -0.39 is 15.9 Å². The molecule has 0 unspecified atom stereocenters. The number of carbonyl (C=O) groups excluding carboxylic acids is 2. The van der Waals surface area contributed by atoms with Crippen LogP contribution in [0.3, 0.4) is 0 Å². The number of likely N-dealkylation sites (N-methyl/N-ethyl adjacent to an activating group) is 1. The van der Waals surface area contributed by atoms with Gasteiger partial charge in [0.2, 0.25) is 21.8 Å². The van der Waals surface area contributed by atoms with Crippen molar-refractivity contribution in [2.45, 2.75) is 22.8 Å². The lowest BCUT2D eigenvalue weighted by atomic mass is 10.2. The van der Waals surface area contributed by atoms with Crippen LogP contribution in [-0.4, -0.2) is 43.9 Å². The molecule has 0 atom stereocenters. The molecule has 7 nitrogen and oxygen atoms in total.